The van der Waals surface area contributed by atoms with Crippen LogP contribution in [-0.2, 0) is 5.54 Å². The quantitative estimate of drug-likeness (QED) is 0.769. The number of hydrogen-bond acceptors (Lipinski definition) is 1. The van der Waals surface area contributed by atoms with Gasteiger partial charge in [0.05, 0.1) is 0 Å². The zero-order chi connectivity index (χ0) is 7.90. The van der Waals surface area contributed by atoms with Crippen molar-refractivity contribution in [2.75, 3.05) is 0 Å². The summed E-state index contributed by atoms with van der Waals surface area (Å²) in [6, 6.07) is 8.46. The molecule has 2 N–H and O–H groups in total. The molecule has 0 unspecified atom stereocenters. The summed E-state index contributed by atoms with van der Waals surface area (Å²) in [5.41, 5.74) is 7.36. The van der Waals surface area contributed by atoms with Gasteiger partial charge < -0.3 is 5.73 Å². The Hall–Kier alpha value is -0.0900. The summed E-state index contributed by atoms with van der Waals surface area (Å²) in [5, 5.41) is 0. The van der Waals surface area contributed by atoms with E-state index in [0.29, 0.717) is 0 Å². The smallest absolute Gasteiger partial charge is 0.0411 e. The molecule has 0 heterocycles. The molecule has 0 aliphatic heterocycles. The molecule has 1 aromatic rings. The van der Waals surface area contributed by atoms with E-state index in [4.69, 9.17) is 5.73 Å². The lowest BCUT2D eigenvalue weighted by Crippen LogP contribution is -2.18. The molecule has 1 aliphatic carbocycles. The van der Waals surface area contributed by atoms with Crippen LogP contribution in [0.25, 0.3) is 0 Å². The SMILES string of the molecule is NC1(c2cccc(I)c2)CC1. The first-order valence-corrected chi connectivity index (χ1v) is 4.83. The van der Waals surface area contributed by atoms with Gasteiger partial charge in [0.15, 0.2) is 0 Å². The Labute approximate surface area is 80.1 Å². The van der Waals surface area contributed by atoms with Crippen molar-refractivity contribution in [3.8, 4) is 0 Å². The van der Waals surface area contributed by atoms with E-state index in [0.717, 1.165) is 12.8 Å². The molecule has 1 aromatic carbocycles. The van der Waals surface area contributed by atoms with Gasteiger partial charge in [-0.25, -0.2) is 0 Å². The Balaban J connectivity index is 2.38. The van der Waals surface area contributed by atoms with E-state index in [1.807, 2.05) is 0 Å². The molecule has 0 bridgehead atoms. The molecule has 0 spiro atoms. The van der Waals surface area contributed by atoms with Crippen LogP contribution in [0.1, 0.15) is 18.4 Å². The van der Waals surface area contributed by atoms with Gasteiger partial charge in [0.1, 0.15) is 0 Å². The molecule has 2 heteroatoms. The Morgan fingerprint density at radius 1 is 1.36 bits per heavy atom. The summed E-state index contributed by atoms with van der Waals surface area (Å²) in [7, 11) is 0. The van der Waals surface area contributed by atoms with E-state index in [1.165, 1.54) is 9.13 Å². The zero-order valence-corrected chi connectivity index (χ0v) is 8.34. The normalized spacial score (nSPS) is 19.8. The van der Waals surface area contributed by atoms with Crippen molar-refractivity contribution in [3.05, 3.63) is 33.4 Å². The molecule has 0 radical (unpaired) electrons. The van der Waals surface area contributed by atoms with Crippen LogP contribution in [0.2, 0.25) is 0 Å². The molecule has 1 saturated carbocycles. The second-order valence-electron chi connectivity index (χ2n) is 3.17. The van der Waals surface area contributed by atoms with E-state index in [1.54, 1.807) is 0 Å². The number of benzene rings is 1. The fourth-order valence-electron chi connectivity index (χ4n) is 1.22. The molecule has 1 aliphatic rings. The first kappa shape index (κ1) is 7.55. The minimum absolute atomic E-state index is 0.0290. The van der Waals surface area contributed by atoms with Crippen LogP contribution < -0.4 is 5.73 Å². The summed E-state index contributed by atoms with van der Waals surface area (Å²) >= 11 is 2.32. The fourth-order valence-corrected chi connectivity index (χ4v) is 1.76. The molecule has 58 valence electrons. The molecule has 0 atom stereocenters. The minimum atomic E-state index is 0.0290. The first-order chi connectivity index (χ1) is 5.21. The Bertz CT molecular complexity index is 279. The monoisotopic (exact) mass is 259 g/mol. The molecule has 0 saturated heterocycles. The topological polar surface area (TPSA) is 26.0 Å². The van der Waals surface area contributed by atoms with Crippen molar-refractivity contribution in [2.24, 2.45) is 5.73 Å². The highest BCUT2D eigenvalue weighted by Gasteiger charge is 2.39. The van der Waals surface area contributed by atoms with Crippen LogP contribution in [0.5, 0.6) is 0 Å². The third-order valence-corrected chi connectivity index (χ3v) is 2.86. The number of hydrogen-bond donors (Lipinski definition) is 1. The van der Waals surface area contributed by atoms with E-state index in [2.05, 4.69) is 46.9 Å². The van der Waals surface area contributed by atoms with Crippen molar-refractivity contribution in [2.45, 2.75) is 18.4 Å². The van der Waals surface area contributed by atoms with Crippen LogP contribution in [0.3, 0.4) is 0 Å². The minimum Gasteiger partial charge on any atom is -0.321 e. The average Bonchev–Trinajstić information content (AvgIpc) is 2.70. The molecule has 2 rings (SSSR count). The maximum absolute atomic E-state index is 6.03. The summed E-state index contributed by atoms with van der Waals surface area (Å²) in [6.07, 6.45) is 2.29. The van der Waals surface area contributed by atoms with E-state index in [-0.39, 0.29) is 5.54 Å². The lowest BCUT2D eigenvalue weighted by atomic mass is 10.1. The van der Waals surface area contributed by atoms with E-state index < -0.39 is 0 Å². The third-order valence-electron chi connectivity index (χ3n) is 2.19. The van der Waals surface area contributed by atoms with Gasteiger partial charge in [-0.05, 0) is 53.1 Å². The summed E-state index contributed by atoms with van der Waals surface area (Å²) in [6.45, 7) is 0. The predicted octanol–water partition coefficient (Wildman–Crippen LogP) is 2.24. The molecular formula is C9H10IN. The second kappa shape index (κ2) is 2.45. The van der Waals surface area contributed by atoms with Crippen LogP contribution in [0.4, 0.5) is 0 Å². The van der Waals surface area contributed by atoms with Crippen molar-refractivity contribution in [1.29, 1.82) is 0 Å². The predicted molar refractivity (Wildman–Crippen MR) is 54.3 cm³/mol. The Kier molecular flexibility index (Phi) is 1.68. The highest BCUT2D eigenvalue weighted by atomic mass is 127. The van der Waals surface area contributed by atoms with Gasteiger partial charge in [-0.1, -0.05) is 12.1 Å². The van der Waals surface area contributed by atoms with Crippen molar-refractivity contribution >= 4 is 22.6 Å². The van der Waals surface area contributed by atoms with E-state index in [9.17, 15) is 0 Å². The number of halogens is 1. The zero-order valence-electron chi connectivity index (χ0n) is 6.18. The van der Waals surface area contributed by atoms with Crippen molar-refractivity contribution in [1.82, 2.24) is 0 Å². The van der Waals surface area contributed by atoms with Crippen molar-refractivity contribution < 1.29 is 0 Å². The summed E-state index contributed by atoms with van der Waals surface area (Å²) < 4.78 is 1.27. The molecule has 1 nitrogen and oxygen atoms in total. The number of nitrogens with two attached hydrogens (primary N) is 1. The Morgan fingerprint density at radius 3 is 2.64 bits per heavy atom. The average molecular weight is 259 g/mol. The third kappa shape index (κ3) is 1.42. The lowest BCUT2D eigenvalue weighted by Gasteiger charge is -2.08. The highest BCUT2D eigenvalue weighted by Crippen LogP contribution is 2.42. The van der Waals surface area contributed by atoms with Gasteiger partial charge in [0, 0.05) is 9.11 Å². The highest BCUT2D eigenvalue weighted by molar-refractivity contribution is 14.1. The first-order valence-electron chi connectivity index (χ1n) is 3.76. The lowest BCUT2D eigenvalue weighted by molar-refractivity contribution is 0.739. The van der Waals surface area contributed by atoms with Crippen LogP contribution >= 0.6 is 22.6 Å². The second-order valence-corrected chi connectivity index (χ2v) is 4.41. The van der Waals surface area contributed by atoms with Crippen LogP contribution in [0.15, 0.2) is 24.3 Å². The van der Waals surface area contributed by atoms with E-state index >= 15 is 0 Å². The van der Waals surface area contributed by atoms with Gasteiger partial charge in [-0.3, -0.25) is 0 Å². The molecule has 0 amide bonds. The van der Waals surface area contributed by atoms with Gasteiger partial charge >= 0.3 is 0 Å². The fraction of sp³-hybridized carbons (Fsp3) is 0.333. The summed E-state index contributed by atoms with van der Waals surface area (Å²) in [5.74, 6) is 0. The van der Waals surface area contributed by atoms with Gasteiger partial charge in [0.25, 0.3) is 0 Å². The number of rotatable bonds is 1. The Morgan fingerprint density at radius 2 is 2.09 bits per heavy atom. The van der Waals surface area contributed by atoms with Gasteiger partial charge in [-0.2, -0.15) is 0 Å². The maximum Gasteiger partial charge on any atom is 0.0411 e. The van der Waals surface area contributed by atoms with Crippen LogP contribution in [-0.4, -0.2) is 0 Å². The van der Waals surface area contributed by atoms with Crippen LogP contribution in [0, 0.1) is 3.57 Å². The largest absolute Gasteiger partial charge is 0.321 e. The molecule has 0 aromatic heterocycles. The maximum atomic E-state index is 6.03. The molecular weight excluding hydrogens is 249 g/mol. The standard InChI is InChI=1S/C9H10IN/c10-8-3-1-2-7(6-8)9(11)4-5-9/h1-3,6H,4-5,11H2. The molecule has 1 fully saturated rings. The van der Waals surface area contributed by atoms with Gasteiger partial charge in [-0.15, -0.1) is 0 Å². The van der Waals surface area contributed by atoms with Gasteiger partial charge in [0.2, 0.25) is 0 Å². The molecule has 11 heavy (non-hydrogen) atoms. The van der Waals surface area contributed by atoms with Crippen molar-refractivity contribution in [3.63, 3.8) is 0 Å². The summed E-state index contributed by atoms with van der Waals surface area (Å²) in [4.78, 5) is 0.